The summed E-state index contributed by atoms with van der Waals surface area (Å²) in [5, 5.41) is 21.4. The number of hydrogen-bond acceptors (Lipinski definition) is 6. The maximum Gasteiger partial charge on any atom is 0.126 e. The van der Waals surface area contributed by atoms with Gasteiger partial charge >= 0.3 is 0 Å². The van der Waals surface area contributed by atoms with Gasteiger partial charge in [-0.15, -0.1) is 0 Å². The van der Waals surface area contributed by atoms with Crippen molar-refractivity contribution in [2.75, 3.05) is 17.6 Å². The zero-order chi connectivity index (χ0) is 17.9. The van der Waals surface area contributed by atoms with Crippen LogP contribution in [0.5, 0.6) is 0 Å². The van der Waals surface area contributed by atoms with Crippen LogP contribution in [0.2, 0.25) is 0 Å². The van der Waals surface area contributed by atoms with Crippen molar-refractivity contribution in [3.63, 3.8) is 0 Å². The molecule has 0 bridgehead atoms. The maximum absolute atomic E-state index is 10.3. The van der Waals surface area contributed by atoms with Gasteiger partial charge in [-0.2, -0.15) is 5.10 Å². The molecule has 0 aliphatic heterocycles. The number of nitrogens with one attached hydrogen (secondary N) is 2. The molecule has 0 saturated carbocycles. The highest BCUT2D eigenvalue weighted by atomic mass is 16.3. The van der Waals surface area contributed by atoms with Crippen LogP contribution < -0.4 is 11.1 Å². The van der Waals surface area contributed by atoms with Gasteiger partial charge in [0.15, 0.2) is 0 Å². The second kappa shape index (κ2) is 6.81. The van der Waals surface area contributed by atoms with Crippen molar-refractivity contribution < 1.29 is 5.11 Å². The van der Waals surface area contributed by atoms with Gasteiger partial charge in [0.1, 0.15) is 5.82 Å². The van der Waals surface area contributed by atoms with E-state index in [1.54, 1.807) is 30.7 Å². The monoisotopic (exact) mass is 346 g/mol. The van der Waals surface area contributed by atoms with E-state index in [1.807, 2.05) is 30.3 Å². The number of aliphatic hydroxyl groups is 1. The molecule has 0 radical (unpaired) electrons. The van der Waals surface area contributed by atoms with E-state index in [0.29, 0.717) is 12.4 Å². The highest BCUT2D eigenvalue weighted by Crippen LogP contribution is 2.29. The van der Waals surface area contributed by atoms with Crippen molar-refractivity contribution in [1.82, 2.24) is 20.2 Å². The zero-order valence-corrected chi connectivity index (χ0v) is 13.9. The maximum atomic E-state index is 10.3. The lowest BCUT2D eigenvalue weighted by molar-refractivity contribution is 0.191. The first kappa shape index (κ1) is 16.0. The number of nitrogen functional groups attached to an aromatic ring is 1. The molecule has 3 aromatic heterocycles. The fourth-order valence-corrected chi connectivity index (χ4v) is 2.88. The van der Waals surface area contributed by atoms with Crippen molar-refractivity contribution in [3.8, 4) is 11.3 Å². The predicted octanol–water partition coefficient (Wildman–Crippen LogP) is 2.75. The fourth-order valence-electron chi connectivity index (χ4n) is 2.88. The van der Waals surface area contributed by atoms with Crippen molar-refractivity contribution in [2.24, 2.45) is 0 Å². The highest BCUT2D eigenvalue weighted by molar-refractivity contribution is 5.95. The van der Waals surface area contributed by atoms with Crippen LogP contribution in [-0.4, -0.2) is 31.8 Å². The molecule has 7 heteroatoms. The molecule has 5 N–H and O–H groups in total. The van der Waals surface area contributed by atoms with Crippen LogP contribution in [0.4, 0.5) is 11.5 Å². The molecule has 3 heterocycles. The fraction of sp³-hybridized carbons (Fsp3) is 0.105. The number of nitrogens with two attached hydrogens (primary N) is 1. The Labute approximate surface area is 149 Å². The summed E-state index contributed by atoms with van der Waals surface area (Å²) in [6, 6.07) is 13.3. The number of benzene rings is 1. The van der Waals surface area contributed by atoms with Gasteiger partial charge < -0.3 is 16.2 Å². The topological polar surface area (TPSA) is 113 Å². The summed E-state index contributed by atoms with van der Waals surface area (Å²) in [5.74, 6) is 0.414. The minimum atomic E-state index is -0.669. The molecule has 130 valence electrons. The van der Waals surface area contributed by atoms with Gasteiger partial charge in [-0.3, -0.25) is 10.1 Å². The molecule has 26 heavy (non-hydrogen) atoms. The number of fused-ring (bicyclic) bond motifs is 1. The Hall–Kier alpha value is -3.45. The number of nitrogens with zero attached hydrogens (tertiary/aromatic N) is 3. The average Bonchev–Trinajstić information content (AvgIpc) is 3.20. The van der Waals surface area contributed by atoms with Gasteiger partial charge in [0.2, 0.25) is 0 Å². The van der Waals surface area contributed by atoms with E-state index in [9.17, 15) is 5.11 Å². The van der Waals surface area contributed by atoms with Crippen LogP contribution in [0.3, 0.4) is 0 Å². The average molecular weight is 346 g/mol. The first-order valence-electron chi connectivity index (χ1n) is 8.22. The lowest BCUT2D eigenvalue weighted by atomic mass is 10.1. The van der Waals surface area contributed by atoms with E-state index in [2.05, 4.69) is 25.5 Å². The Morgan fingerprint density at radius 2 is 2.08 bits per heavy atom. The van der Waals surface area contributed by atoms with E-state index in [0.717, 1.165) is 33.4 Å². The van der Waals surface area contributed by atoms with Crippen molar-refractivity contribution in [2.45, 2.75) is 6.10 Å². The summed E-state index contributed by atoms with van der Waals surface area (Å²) in [7, 11) is 0. The summed E-state index contributed by atoms with van der Waals surface area (Å²) in [5.41, 5.74) is 10.2. The minimum Gasteiger partial charge on any atom is -0.387 e. The molecule has 4 aromatic rings. The second-order valence-electron chi connectivity index (χ2n) is 5.98. The summed E-state index contributed by atoms with van der Waals surface area (Å²) in [4.78, 5) is 8.46. The molecular weight excluding hydrogens is 328 g/mol. The summed E-state index contributed by atoms with van der Waals surface area (Å²) >= 11 is 0. The Morgan fingerprint density at radius 1 is 1.15 bits per heavy atom. The minimum absolute atomic E-state index is 0.340. The van der Waals surface area contributed by atoms with Crippen molar-refractivity contribution >= 4 is 22.4 Å². The number of rotatable bonds is 5. The number of hydrogen-bond donors (Lipinski definition) is 4. The van der Waals surface area contributed by atoms with E-state index >= 15 is 0 Å². The number of pyridine rings is 2. The number of aromatic nitrogens is 4. The van der Waals surface area contributed by atoms with Gasteiger partial charge in [0.05, 0.1) is 17.3 Å². The van der Waals surface area contributed by atoms with E-state index in [-0.39, 0.29) is 0 Å². The van der Waals surface area contributed by atoms with Crippen molar-refractivity contribution in [1.29, 1.82) is 0 Å². The van der Waals surface area contributed by atoms with Crippen LogP contribution in [-0.2, 0) is 0 Å². The van der Waals surface area contributed by atoms with Crippen LogP contribution in [0.1, 0.15) is 11.7 Å². The largest absolute Gasteiger partial charge is 0.387 e. The number of aliphatic hydroxyl groups excluding tert-OH is 1. The molecule has 4 rings (SSSR count). The van der Waals surface area contributed by atoms with E-state index < -0.39 is 6.10 Å². The summed E-state index contributed by atoms with van der Waals surface area (Å²) < 4.78 is 0. The number of aromatic amines is 1. The summed E-state index contributed by atoms with van der Waals surface area (Å²) in [6.07, 6.45) is 4.37. The van der Waals surface area contributed by atoms with Gasteiger partial charge in [0.25, 0.3) is 0 Å². The third-order valence-electron chi connectivity index (χ3n) is 4.20. The first-order chi connectivity index (χ1) is 12.7. The Morgan fingerprint density at radius 3 is 2.85 bits per heavy atom. The Kier molecular flexibility index (Phi) is 4.20. The third kappa shape index (κ3) is 3.20. The number of H-pyrrole nitrogens is 1. The molecule has 0 aliphatic rings. The van der Waals surface area contributed by atoms with E-state index in [4.69, 9.17) is 5.73 Å². The molecule has 7 nitrogen and oxygen atoms in total. The predicted molar refractivity (Wildman–Crippen MR) is 101 cm³/mol. The van der Waals surface area contributed by atoms with Crippen LogP contribution >= 0.6 is 0 Å². The molecule has 0 amide bonds. The molecule has 1 atom stereocenters. The highest BCUT2D eigenvalue weighted by Gasteiger charge is 2.11. The SMILES string of the molecule is Nc1cc(NCC(O)c2cccnc2)c2ccc(-c3ccn[nH]3)cc2n1. The normalized spacial score (nSPS) is 12.2. The standard InChI is InChI=1S/C19H18N6O/c20-19-9-16(22-11-18(26)13-2-1-6-21-10-13)14-4-3-12(8-17(14)24-19)15-5-7-23-25-15/h1-10,18,26H,11H2,(H,23,25)(H3,20,22,24). The third-order valence-corrected chi connectivity index (χ3v) is 4.20. The lowest BCUT2D eigenvalue weighted by Gasteiger charge is -2.15. The molecule has 0 fully saturated rings. The molecule has 1 aromatic carbocycles. The molecule has 0 spiro atoms. The molecular formula is C19H18N6O. The quantitative estimate of drug-likeness (QED) is 0.442. The van der Waals surface area contributed by atoms with Crippen LogP contribution in [0.15, 0.2) is 61.1 Å². The molecule has 0 saturated heterocycles. The Balaban J connectivity index is 1.62. The molecule has 0 aliphatic carbocycles. The first-order valence-corrected chi connectivity index (χ1v) is 8.22. The van der Waals surface area contributed by atoms with Gasteiger partial charge in [-0.1, -0.05) is 18.2 Å². The van der Waals surface area contributed by atoms with Crippen LogP contribution in [0, 0.1) is 0 Å². The zero-order valence-electron chi connectivity index (χ0n) is 13.9. The van der Waals surface area contributed by atoms with Crippen molar-refractivity contribution in [3.05, 3.63) is 66.6 Å². The lowest BCUT2D eigenvalue weighted by Crippen LogP contribution is -2.13. The molecule has 1 unspecified atom stereocenters. The van der Waals surface area contributed by atoms with E-state index in [1.165, 1.54) is 0 Å². The Bertz CT molecular complexity index is 1020. The number of anilines is 2. The van der Waals surface area contributed by atoms with Gasteiger partial charge in [0, 0.05) is 53.4 Å². The smallest absolute Gasteiger partial charge is 0.126 e. The van der Waals surface area contributed by atoms with Gasteiger partial charge in [-0.05, 0) is 18.2 Å². The van der Waals surface area contributed by atoms with Gasteiger partial charge in [-0.25, -0.2) is 4.98 Å². The van der Waals surface area contributed by atoms with Crippen LogP contribution in [0.25, 0.3) is 22.2 Å². The second-order valence-corrected chi connectivity index (χ2v) is 5.98. The summed E-state index contributed by atoms with van der Waals surface area (Å²) in [6.45, 7) is 0.340.